The van der Waals surface area contributed by atoms with Gasteiger partial charge in [0.1, 0.15) is 11.5 Å². The molecule has 0 saturated carbocycles. The molecule has 0 atom stereocenters. The molecule has 0 radical (unpaired) electrons. The summed E-state index contributed by atoms with van der Waals surface area (Å²) >= 11 is 4.27. The Kier molecular flexibility index (Phi) is 6.25. The smallest absolute Gasteiger partial charge is 0.343 e. The van der Waals surface area contributed by atoms with E-state index in [2.05, 4.69) is 45.2 Å². The lowest BCUT2D eigenvalue weighted by molar-refractivity contribution is 0.0719. The van der Waals surface area contributed by atoms with Gasteiger partial charge in [-0.15, -0.1) is 0 Å². The van der Waals surface area contributed by atoms with E-state index in [1.807, 2.05) is 12.1 Å². The zero-order valence-electron chi connectivity index (χ0n) is 13.3. The SMILES string of the molecule is O=C(Oc1ccc(OC(=O)c2cccc(I)c2)cc1)c1cccc(I)c1. The van der Waals surface area contributed by atoms with Crippen LogP contribution in [0.2, 0.25) is 0 Å². The van der Waals surface area contributed by atoms with Crippen LogP contribution >= 0.6 is 45.2 Å². The largest absolute Gasteiger partial charge is 0.423 e. The Morgan fingerprint density at radius 1 is 0.615 bits per heavy atom. The van der Waals surface area contributed by atoms with Crippen molar-refractivity contribution in [3.8, 4) is 11.5 Å². The van der Waals surface area contributed by atoms with E-state index >= 15 is 0 Å². The van der Waals surface area contributed by atoms with Crippen molar-refractivity contribution in [3.05, 3.63) is 91.1 Å². The molecule has 0 N–H and O–H groups in total. The maximum absolute atomic E-state index is 12.1. The third-order valence-corrected chi connectivity index (χ3v) is 4.71. The number of hydrogen-bond donors (Lipinski definition) is 0. The Balaban J connectivity index is 1.65. The molecule has 0 aliphatic rings. The number of ether oxygens (including phenoxy) is 2. The molecule has 3 rings (SSSR count). The summed E-state index contributed by atoms with van der Waals surface area (Å²) < 4.78 is 12.6. The van der Waals surface area contributed by atoms with Crippen LogP contribution < -0.4 is 9.47 Å². The van der Waals surface area contributed by atoms with Gasteiger partial charge in [0.05, 0.1) is 11.1 Å². The van der Waals surface area contributed by atoms with Crippen LogP contribution in [0.1, 0.15) is 20.7 Å². The van der Waals surface area contributed by atoms with Crippen molar-refractivity contribution in [2.75, 3.05) is 0 Å². The molecule has 0 fully saturated rings. The summed E-state index contributed by atoms with van der Waals surface area (Å²) in [5.74, 6) is -0.120. The van der Waals surface area contributed by atoms with Gasteiger partial charge in [0.2, 0.25) is 0 Å². The lowest BCUT2D eigenvalue weighted by atomic mass is 10.2. The highest BCUT2D eigenvalue weighted by Gasteiger charge is 2.11. The molecule has 6 heteroatoms. The average Bonchev–Trinajstić information content (AvgIpc) is 2.63. The van der Waals surface area contributed by atoms with Crippen molar-refractivity contribution in [1.29, 1.82) is 0 Å². The Hall–Kier alpha value is -1.94. The topological polar surface area (TPSA) is 52.6 Å². The minimum Gasteiger partial charge on any atom is -0.423 e. The summed E-state index contributed by atoms with van der Waals surface area (Å²) in [6, 6.07) is 20.6. The molecular formula is C20H12I2O4. The monoisotopic (exact) mass is 570 g/mol. The Morgan fingerprint density at radius 3 is 1.35 bits per heavy atom. The summed E-state index contributed by atoms with van der Waals surface area (Å²) in [6.45, 7) is 0. The number of carbonyl (C=O) groups is 2. The van der Waals surface area contributed by atoms with Crippen LogP contribution in [0.3, 0.4) is 0 Å². The van der Waals surface area contributed by atoms with Crippen LogP contribution in [0.5, 0.6) is 11.5 Å². The van der Waals surface area contributed by atoms with Gasteiger partial charge < -0.3 is 9.47 Å². The summed E-state index contributed by atoms with van der Waals surface area (Å²) in [4.78, 5) is 24.3. The number of esters is 2. The molecule has 3 aromatic carbocycles. The lowest BCUT2D eigenvalue weighted by Gasteiger charge is -2.07. The van der Waals surface area contributed by atoms with E-state index in [1.165, 1.54) is 0 Å². The molecule has 4 nitrogen and oxygen atoms in total. The molecule has 0 amide bonds. The van der Waals surface area contributed by atoms with Crippen LogP contribution in [-0.2, 0) is 0 Å². The fraction of sp³-hybridized carbons (Fsp3) is 0. The van der Waals surface area contributed by atoms with Gasteiger partial charge >= 0.3 is 11.9 Å². The maximum Gasteiger partial charge on any atom is 0.343 e. The van der Waals surface area contributed by atoms with E-state index in [9.17, 15) is 9.59 Å². The van der Waals surface area contributed by atoms with Crippen molar-refractivity contribution in [3.63, 3.8) is 0 Å². The third-order valence-electron chi connectivity index (χ3n) is 3.37. The minimum atomic E-state index is -0.438. The van der Waals surface area contributed by atoms with Gasteiger partial charge in [-0.3, -0.25) is 0 Å². The second-order valence-electron chi connectivity index (χ2n) is 5.27. The van der Waals surface area contributed by atoms with Crippen LogP contribution in [0.25, 0.3) is 0 Å². The highest BCUT2D eigenvalue weighted by atomic mass is 127. The molecule has 0 bridgehead atoms. The van der Waals surface area contributed by atoms with Crippen LogP contribution in [0, 0.1) is 7.14 Å². The average molecular weight is 570 g/mol. The Morgan fingerprint density at radius 2 is 1.00 bits per heavy atom. The van der Waals surface area contributed by atoms with Crippen molar-refractivity contribution in [1.82, 2.24) is 0 Å². The van der Waals surface area contributed by atoms with Gasteiger partial charge in [-0.2, -0.15) is 0 Å². The first-order valence-corrected chi connectivity index (χ1v) is 9.72. The van der Waals surface area contributed by atoms with Gasteiger partial charge in [0.15, 0.2) is 0 Å². The zero-order valence-corrected chi connectivity index (χ0v) is 17.6. The van der Waals surface area contributed by atoms with E-state index in [-0.39, 0.29) is 0 Å². The van der Waals surface area contributed by atoms with Crippen molar-refractivity contribution in [2.45, 2.75) is 0 Å². The molecule has 26 heavy (non-hydrogen) atoms. The van der Waals surface area contributed by atoms with Gasteiger partial charge in [-0.05, 0) is 106 Å². The molecule has 130 valence electrons. The van der Waals surface area contributed by atoms with Crippen molar-refractivity contribution in [2.24, 2.45) is 0 Å². The van der Waals surface area contributed by atoms with Crippen LogP contribution in [-0.4, -0.2) is 11.9 Å². The first kappa shape index (κ1) is 18.8. The molecule has 0 aliphatic carbocycles. The van der Waals surface area contributed by atoms with Crippen LogP contribution in [0.15, 0.2) is 72.8 Å². The van der Waals surface area contributed by atoms with E-state index in [4.69, 9.17) is 9.47 Å². The lowest BCUT2D eigenvalue weighted by Crippen LogP contribution is -2.09. The van der Waals surface area contributed by atoms with E-state index in [0.29, 0.717) is 22.6 Å². The summed E-state index contributed by atoms with van der Waals surface area (Å²) in [7, 11) is 0. The molecule has 3 aromatic rings. The maximum atomic E-state index is 12.1. The number of benzene rings is 3. The van der Waals surface area contributed by atoms with Gasteiger partial charge in [0, 0.05) is 7.14 Å². The normalized spacial score (nSPS) is 10.2. The third kappa shape index (κ3) is 5.04. The minimum absolute atomic E-state index is 0.378. The zero-order chi connectivity index (χ0) is 18.5. The quantitative estimate of drug-likeness (QED) is 0.242. The Labute approximate surface area is 177 Å². The number of halogens is 2. The van der Waals surface area contributed by atoms with E-state index in [1.54, 1.807) is 60.7 Å². The highest BCUT2D eigenvalue weighted by Crippen LogP contribution is 2.20. The number of carbonyl (C=O) groups excluding carboxylic acids is 2. The van der Waals surface area contributed by atoms with Crippen molar-refractivity contribution >= 4 is 57.1 Å². The molecule has 0 aromatic heterocycles. The summed E-state index contributed by atoms with van der Waals surface area (Å²) in [6.07, 6.45) is 0. The molecule has 0 saturated heterocycles. The number of rotatable bonds is 4. The first-order valence-electron chi connectivity index (χ1n) is 7.57. The van der Waals surface area contributed by atoms with Crippen molar-refractivity contribution < 1.29 is 19.1 Å². The van der Waals surface area contributed by atoms with Gasteiger partial charge in [-0.1, -0.05) is 12.1 Å². The van der Waals surface area contributed by atoms with Crippen LogP contribution in [0.4, 0.5) is 0 Å². The standard InChI is InChI=1S/C20H12I2O4/c21-15-5-1-3-13(11-15)19(23)25-17-7-9-18(10-8-17)26-20(24)14-4-2-6-16(22)12-14/h1-12H. The van der Waals surface area contributed by atoms with E-state index < -0.39 is 11.9 Å². The predicted octanol–water partition coefficient (Wildman–Crippen LogP) is 5.33. The first-order chi connectivity index (χ1) is 12.5. The highest BCUT2D eigenvalue weighted by molar-refractivity contribution is 14.1. The fourth-order valence-corrected chi connectivity index (χ4v) is 3.22. The predicted molar refractivity (Wildman–Crippen MR) is 115 cm³/mol. The summed E-state index contributed by atoms with van der Waals surface area (Å²) in [5, 5.41) is 0. The second kappa shape index (κ2) is 8.63. The molecule has 0 spiro atoms. The summed E-state index contributed by atoms with van der Waals surface area (Å²) in [5.41, 5.74) is 0.956. The van der Waals surface area contributed by atoms with Gasteiger partial charge in [-0.25, -0.2) is 9.59 Å². The number of hydrogen-bond acceptors (Lipinski definition) is 4. The molecule has 0 aliphatic heterocycles. The second-order valence-corrected chi connectivity index (χ2v) is 7.76. The van der Waals surface area contributed by atoms with E-state index in [0.717, 1.165) is 7.14 Å². The fourth-order valence-electron chi connectivity index (χ4n) is 2.14. The molecule has 0 unspecified atom stereocenters. The molecule has 0 heterocycles. The Bertz CT molecular complexity index is 874. The van der Waals surface area contributed by atoms with Gasteiger partial charge in [0.25, 0.3) is 0 Å². The molecular weight excluding hydrogens is 558 g/mol.